The van der Waals surface area contributed by atoms with Gasteiger partial charge in [-0.1, -0.05) is 11.6 Å². The Morgan fingerprint density at radius 1 is 1.32 bits per heavy atom. The molecule has 1 aliphatic heterocycles. The van der Waals surface area contributed by atoms with Crippen molar-refractivity contribution in [1.29, 1.82) is 0 Å². The quantitative estimate of drug-likeness (QED) is 0.909. The number of piperidine rings is 1. The fraction of sp³-hybridized carbons (Fsp3) is 0.500. The highest BCUT2D eigenvalue weighted by Crippen LogP contribution is 2.22. The fourth-order valence-corrected chi connectivity index (χ4v) is 3.53. The maximum absolute atomic E-state index is 12.9. The van der Waals surface area contributed by atoms with Crippen molar-refractivity contribution in [3.8, 4) is 5.82 Å². The molecule has 0 atom stereocenters. The van der Waals surface area contributed by atoms with Crippen molar-refractivity contribution in [2.75, 3.05) is 26.7 Å². The molecule has 0 saturated carbocycles. The van der Waals surface area contributed by atoms with Crippen LogP contribution in [0.2, 0.25) is 5.02 Å². The normalized spacial score (nSPS) is 15.6. The Kier molecular flexibility index (Phi) is 5.39. The second-order valence-corrected chi connectivity index (χ2v) is 7.04. The number of nitrogens with one attached hydrogen (secondary N) is 1. The van der Waals surface area contributed by atoms with Crippen molar-refractivity contribution in [2.24, 2.45) is 5.92 Å². The number of hydrogen-bond acceptors (Lipinski definition) is 4. The van der Waals surface area contributed by atoms with E-state index in [9.17, 15) is 4.79 Å². The van der Waals surface area contributed by atoms with Gasteiger partial charge in [0.25, 0.3) is 5.91 Å². The fourth-order valence-electron chi connectivity index (χ4n) is 3.34. The zero-order chi connectivity index (χ0) is 18.0. The standard InChI is InChI=1S/C18H24ClN5O/c1-12-10-13(2)24(22-12)16-5-4-15(19)17(21-16)18(25)23-8-6-14(7-9-23)11-20-3/h4-5,10,14,20H,6-9,11H2,1-3H3. The van der Waals surface area contributed by atoms with Crippen molar-refractivity contribution >= 4 is 17.5 Å². The van der Waals surface area contributed by atoms with Gasteiger partial charge >= 0.3 is 0 Å². The molecule has 1 saturated heterocycles. The number of amides is 1. The summed E-state index contributed by atoms with van der Waals surface area (Å²) < 4.78 is 1.74. The van der Waals surface area contributed by atoms with Gasteiger partial charge in [0.2, 0.25) is 0 Å². The molecule has 1 N–H and O–H groups in total. The summed E-state index contributed by atoms with van der Waals surface area (Å²) in [5.41, 5.74) is 2.19. The lowest BCUT2D eigenvalue weighted by Crippen LogP contribution is -2.40. The van der Waals surface area contributed by atoms with Gasteiger partial charge in [-0.25, -0.2) is 9.67 Å². The zero-order valence-corrected chi connectivity index (χ0v) is 15.7. The predicted octanol–water partition coefficient (Wildman–Crippen LogP) is 2.61. The molecule has 7 heteroatoms. The van der Waals surface area contributed by atoms with Crippen LogP contribution in [0.3, 0.4) is 0 Å². The highest BCUT2D eigenvalue weighted by molar-refractivity contribution is 6.33. The van der Waals surface area contributed by atoms with Gasteiger partial charge in [0.15, 0.2) is 5.82 Å². The first-order valence-electron chi connectivity index (χ1n) is 8.63. The molecule has 0 unspecified atom stereocenters. The Bertz CT molecular complexity index is 765. The number of hydrogen-bond donors (Lipinski definition) is 1. The van der Waals surface area contributed by atoms with Gasteiger partial charge in [0.1, 0.15) is 5.69 Å². The van der Waals surface area contributed by atoms with Crippen LogP contribution in [-0.2, 0) is 0 Å². The van der Waals surface area contributed by atoms with E-state index in [1.54, 1.807) is 16.8 Å². The smallest absolute Gasteiger partial charge is 0.274 e. The summed E-state index contributed by atoms with van der Waals surface area (Å²) in [6.45, 7) is 6.38. The molecule has 3 rings (SSSR count). The number of likely N-dealkylation sites (tertiary alicyclic amines) is 1. The predicted molar refractivity (Wildman–Crippen MR) is 98.4 cm³/mol. The molecule has 3 heterocycles. The Labute approximate surface area is 153 Å². The van der Waals surface area contributed by atoms with Gasteiger partial charge in [0.05, 0.1) is 10.7 Å². The van der Waals surface area contributed by atoms with E-state index in [0.717, 1.165) is 43.9 Å². The molecular weight excluding hydrogens is 338 g/mol. The number of aromatic nitrogens is 3. The summed E-state index contributed by atoms with van der Waals surface area (Å²) in [4.78, 5) is 19.3. The first-order valence-corrected chi connectivity index (χ1v) is 9.01. The van der Waals surface area contributed by atoms with Gasteiger partial charge in [-0.2, -0.15) is 5.10 Å². The Morgan fingerprint density at radius 3 is 2.64 bits per heavy atom. The zero-order valence-electron chi connectivity index (χ0n) is 14.9. The summed E-state index contributed by atoms with van der Waals surface area (Å²) >= 11 is 6.27. The molecule has 2 aromatic heterocycles. The van der Waals surface area contributed by atoms with Gasteiger partial charge in [0, 0.05) is 18.8 Å². The lowest BCUT2D eigenvalue weighted by molar-refractivity contribution is 0.0685. The Hall–Kier alpha value is -1.92. The largest absolute Gasteiger partial charge is 0.337 e. The maximum Gasteiger partial charge on any atom is 0.274 e. The third kappa shape index (κ3) is 3.85. The van der Waals surface area contributed by atoms with E-state index in [4.69, 9.17) is 11.6 Å². The molecule has 134 valence electrons. The maximum atomic E-state index is 12.9. The topological polar surface area (TPSA) is 63.1 Å². The molecule has 1 fully saturated rings. The number of halogens is 1. The van der Waals surface area contributed by atoms with Crippen LogP contribution in [0.1, 0.15) is 34.7 Å². The average Bonchev–Trinajstić information content (AvgIpc) is 2.94. The van der Waals surface area contributed by atoms with E-state index in [2.05, 4.69) is 15.4 Å². The first-order chi connectivity index (χ1) is 12.0. The number of carbonyl (C=O) groups is 1. The van der Waals surface area contributed by atoms with Gasteiger partial charge in [-0.15, -0.1) is 0 Å². The van der Waals surface area contributed by atoms with Gasteiger partial charge < -0.3 is 10.2 Å². The summed E-state index contributed by atoms with van der Waals surface area (Å²) in [6, 6.07) is 5.49. The van der Waals surface area contributed by atoms with Crippen LogP contribution < -0.4 is 5.32 Å². The average molecular weight is 362 g/mol. The SMILES string of the molecule is CNCC1CCN(C(=O)c2nc(-n3nc(C)cc3C)ccc2Cl)CC1. The molecule has 0 radical (unpaired) electrons. The summed E-state index contributed by atoms with van der Waals surface area (Å²) in [6.07, 6.45) is 2.00. The van der Waals surface area contributed by atoms with Crippen LogP contribution >= 0.6 is 11.6 Å². The van der Waals surface area contributed by atoms with E-state index in [1.807, 2.05) is 31.9 Å². The van der Waals surface area contributed by atoms with Crippen LogP contribution in [-0.4, -0.2) is 52.3 Å². The minimum absolute atomic E-state index is 0.101. The molecule has 6 nitrogen and oxygen atoms in total. The van der Waals surface area contributed by atoms with Gasteiger partial charge in [-0.05, 0) is 64.4 Å². The Balaban J connectivity index is 1.81. The minimum atomic E-state index is -0.101. The van der Waals surface area contributed by atoms with Crippen LogP contribution in [0.5, 0.6) is 0 Å². The number of carbonyl (C=O) groups excluding carboxylic acids is 1. The van der Waals surface area contributed by atoms with Crippen molar-refractivity contribution in [3.05, 3.63) is 40.3 Å². The first kappa shape index (κ1) is 17.9. The lowest BCUT2D eigenvalue weighted by atomic mass is 9.96. The molecule has 25 heavy (non-hydrogen) atoms. The lowest BCUT2D eigenvalue weighted by Gasteiger charge is -2.31. The molecule has 0 spiro atoms. The van der Waals surface area contributed by atoms with Crippen molar-refractivity contribution in [1.82, 2.24) is 25.0 Å². The molecule has 0 aliphatic carbocycles. The van der Waals surface area contributed by atoms with E-state index in [0.29, 0.717) is 22.5 Å². The Morgan fingerprint density at radius 2 is 2.04 bits per heavy atom. The molecule has 0 aromatic carbocycles. The number of aryl methyl sites for hydroxylation is 2. The minimum Gasteiger partial charge on any atom is -0.337 e. The van der Waals surface area contributed by atoms with Crippen molar-refractivity contribution in [2.45, 2.75) is 26.7 Å². The number of nitrogens with zero attached hydrogens (tertiary/aromatic N) is 4. The monoisotopic (exact) mass is 361 g/mol. The number of pyridine rings is 1. The highest BCUT2D eigenvalue weighted by atomic mass is 35.5. The van der Waals surface area contributed by atoms with Crippen molar-refractivity contribution in [3.63, 3.8) is 0 Å². The van der Waals surface area contributed by atoms with Crippen LogP contribution in [0.4, 0.5) is 0 Å². The summed E-state index contributed by atoms with van der Waals surface area (Å²) in [5, 5.41) is 8.02. The molecular formula is C18H24ClN5O. The van der Waals surface area contributed by atoms with E-state index in [-0.39, 0.29) is 5.91 Å². The highest BCUT2D eigenvalue weighted by Gasteiger charge is 2.26. The third-order valence-electron chi connectivity index (χ3n) is 4.66. The summed E-state index contributed by atoms with van der Waals surface area (Å²) in [7, 11) is 1.96. The van der Waals surface area contributed by atoms with E-state index < -0.39 is 0 Å². The number of rotatable bonds is 4. The van der Waals surface area contributed by atoms with E-state index >= 15 is 0 Å². The molecule has 1 amide bonds. The molecule has 2 aromatic rings. The van der Waals surface area contributed by atoms with E-state index in [1.165, 1.54) is 0 Å². The van der Waals surface area contributed by atoms with Gasteiger partial charge in [-0.3, -0.25) is 4.79 Å². The summed E-state index contributed by atoms with van der Waals surface area (Å²) in [5.74, 6) is 1.14. The van der Waals surface area contributed by atoms with Crippen LogP contribution in [0.15, 0.2) is 18.2 Å². The third-order valence-corrected chi connectivity index (χ3v) is 4.96. The van der Waals surface area contributed by atoms with Crippen LogP contribution in [0.25, 0.3) is 5.82 Å². The molecule has 1 aliphatic rings. The second kappa shape index (κ2) is 7.54. The van der Waals surface area contributed by atoms with Crippen molar-refractivity contribution < 1.29 is 4.79 Å². The molecule has 0 bridgehead atoms. The van der Waals surface area contributed by atoms with Crippen LogP contribution in [0, 0.1) is 19.8 Å². The second-order valence-electron chi connectivity index (χ2n) is 6.63.